The summed E-state index contributed by atoms with van der Waals surface area (Å²) in [6.45, 7) is 2.60. The molecule has 0 aliphatic carbocycles. The summed E-state index contributed by atoms with van der Waals surface area (Å²) in [5.74, 6) is -0.474. The second kappa shape index (κ2) is 11.8. The van der Waals surface area contributed by atoms with Gasteiger partial charge >= 0.3 is 0 Å². The van der Waals surface area contributed by atoms with Crippen LogP contribution in [0.15, 0.2) is 60.9 Å². The molecule has 0 saturated carbocycles. The summed E-state index contributed by atoms with van der Waals surface area (Å²) < 4.78 is 2.25. The number of nitrogens with one attached hydrogen (secondary N) is 1. The minimum atomic E-state index is -0.561. The number of hydrogen-bond donors (Lipinski definition) is 2. The number of likely N-dealkylation sites (tertiary alicyclic amines) is 1. The first-order chi connectivity index (χ1) is 18.8. The predicted molar refractivity (Wildman–Crippen MR) is 152 cm³/mol. The third-order valence-corrected chi connectivity index (χ3v) is 8.59. The molecule has 4 aromatic rings. The van der Waals surface area contributed by atoms with Crippen molar-refractivity contribution >= 4 is 46.4 Å². The molecule has 202 valence electrons. The molecule has 3 atom stereocenters. The molecular weight excluding hydrogens is 557 g/mol. The molecule has 1 fully saturated rings. The number of halogens is 2. The molecule has 3 heterocycles. The topological polar surface area (TPSA) is 119 Å². The number of primary amides is 1. The van der Waals surface area contributed by atoms with Gasteiger partial charge in [-0.05, 0) is 83.1 Å². The quantitative estimate of drug-likeness (QED) is 0.306. The van der Waals surface area contributed by atoms with Gasteiger partial charge < -0.3 is 11.1 Å². The summed E-state index contributed by atoms with van der Waals surface area (Å²) >= 11 is 13.9. The minimum Gasteiger partial charge on any atom is -0.368 e. The molecule has 2 aromatic heterocycles. The van der Waals surface area contributed by atoms with E-state index in [1.54, 1.807) is 25.1 Å². The zero-order valence-corrected chi connectivity index (χ0v) is 23.5. The van der Waals surface area contributed by atoms with Gasteiger partial charge in [0.1, 0.15) is 6.33 Å². The number of carbonyl (C=O) groups is 2. The van der Waals surface area contributed by atoms with E-state index in [0.29, 0.717) is 23.7 Å². The van der Waals surface area contributed by atoms with Crippen LogP contribution in [0.25, 0.3) is 16.1 Å². The number of benzene rings is 2. The standard InChI is InChI=1S/C27H27Cl2N7O2S/c1-16(27(38)31-13-19-12-20(28)6-7-22(19)36-15-32-33-34-36)35-14-17(11-23(35)26(30)37)10-18-4-2-3-5-21(18)24-8-9-25(29)39-24/h2-9,12,15-17,23H,10-11,13-14H2,1H3,(H2,30,37)(H,31,38)/t16-,17?,23?/m0/s1. The number of nitrogens with zero attached hydrogens (tertiary/aromatic N) is 5. The molecule has 2 unspecified atom stereocenters. The fraction of sp³-hybridized carbons (Fsp3) is 0.296. The van der Waals surface area contributed by atoms with Gasteiger partial charge in [0.05, 0.1) is 22.1 Å². The summed E-state index contributed by atoms with van der Waals surface area (Å²) in [4.78, 5) is 28.7. The van der Waals surface area contributed by atoms with Crippen LogP contribution in [0.3, 0.4) is 0 Å². The maximum Gasteiger partial charge on any atom is 0.237 e. The SMILES string of the molecule is C[C@@H](C(=O)NCc1cc(Cl)ccc1-n1cnnn1)N1CC(Cc2ccccc2-c2ccc(Cl)s2)CC1C(N)=O. The first kappa shape index (κ1) is 27.3. The highest BCUT2D eigenvalue weighted by Gasteiger charge is 2.40. The lowest BCUT2D eigenvalue weighted by Gasteiger charge is -2.28. The Bertz CT molecular complexity index is 1480. The van der Waals surface area contributed by atoms with Gasteiger partial charge in [-0.2, -0.15) is 0 Å². The van der Waals surface area contributed by atoms with Crippen molar-refractivity contribution in [2.75, 3.05) is 6.54 Å². The van der Waals surface area contributed by atoms with Crippen LogP contribution in [0.1, 0.15) is 24.5 Å². The molecule has 3 N–H and O–H groups in total. The van der Waals surface area contributed by atoms with Gasteiger partial charge in [0.15, 0.2) is 0 Å². The Morgan fingerprint density at radius 3 is 2.69 bits per heavy atom. The minimum absolute atomic E-state index is 0.161. The fourth-order valence-corrected chi connectivity index (χ4v) is 6.49. The Labute approximate surface area is 239 Å². The summed E-state index contributed by atoms with van der Waals surface area (Å²) in [7, 11) is 0. The van der Waals surface area contributed by atoms with Gasteiger partial charge in [-0.15, -0.1) is 16.4 Å². The van der Waals surface area contributed by atoms with Gasteiger partial charge in [0.25, 0.3) is 0 Å². The van der Waals surface area contributed by atoms with Crippen LogP contribution in [0.4, 0.5) is 0 Å². The molecule has 5 rings (SSSR count). The van der Waals surface area contributed by atoms with E-state index in [0.717, 1.165) is 26.8 Å². The number of tetrazole rings is 1. The molecule has 2 amide bonds. The molecule has 9 nitrogen and oxygen atoms in total. The van der Waals surface area contributed by atoms with Crippen molar-refractivity contribution in [1.29, 1.82) is 0 Å². The van der Waals surface area contributed by atoms with E-state index in [2.05, 4.69) is 33.0 Å². The Morgan fingerprint density at radius 2 is 1.97 bits per heavy atom. The molecular formula is C27H27Cl2N7O2S. The monoisotopic (exact) mass is 583 g/mol. The number of rotatable bonds is 9. The summed E-state index contributed by atoms with van der Waals surface area (Å²) in [6.07, 6.45) is 2.83. The Kier molecular flexibility index (Phi) is 8.27. The van der Waals surface area contributed by atoms with Gasteiger partial charge in [0, 0.05) is 23.0 Å². The largest absolute Gasteiger partial charge is 0.368 e. The van der Waals surface area contributed by atoms with Gasteiger partial charge in [0.2, 0.25) is 11.8 Å². The average Bonchev–Trinajstić information content (AvgIpc) is 3.69. The van der Waals surface area contributed by atoms with Crippen LogP contribution in [-0.2, 0) is 22.6 Å². The van der Waals surface area contributed by atoms with E-state index >= 15 is 0 Å². The lowest BCUT2D eigenvalue weighted by atomic mass is 9.93. The van der Waals surface area contributed by atoms with Crippen LogP contribution in [0.2, 0.25) is 9.36 Å². The van der Waals surface area contributed by atoms with Crippen molar-refractivity contribution in [2.24, 2.45) is 11.7 Å². The lowest BCUT2D eigenvalue weighted by Crippen LogP contribution is -2.51. The highest BCUT2D eigenvalue weighted by Crippen LogP contribution is 2.36. The van der Waals surface area contributed by atoms with Crippen molar-refractivity contribution < 1.29 is 9.59 Å². The molecule has 0 spiro atoms. The third kappa shape index (κ3) is 6.14. The van der Waals surface area contributed by atoms with Crippen molar-refractivity contribution in [1.82, 2.24) is 30.4 Å². The molecule has 1 aliphatic heterocycles. The van der Waals surface area contributed by atoms with Gasteiger partial charge in [-0.25, -0.2) is 4.68 Å². The number of hydrogen-bond acceptors (Lipinski definition) is 7. The van der Waals surface area contributed by atoms with E-state index in [4.69, 9.17) is 28.9 Å². The zero-order chi connectivity index (χ0) is 27.5. The van der Waals surface area contributed by atoms with Crippen molar-refractivity contribution in [3.63, 3.8) is 0 Å². The van der Waals surface area contributed by atoms with Crippen LogP contribution in [-0.4, -0.2) is 55.5 Å². The number of thiophene rings is 1. The van der Waals surface area contributed by atoms with E-state index in [9.17, 15) is 9.59 Å². The maximum absolute atomic E-state index is 13.3. The fourth-order valence-electron chi connectivity index (χ4n) is 5.19. The summed E-state index contributed by atoms with van der Waals surface area (Å²) in [5.41, 5.74) is 9.58. The molecule has 0 radical (unpaired) electrons. The highest BCUT2D eigenvalue weighted by molar-refractivity contribution is 7.19. The van der Waals surface area contributed by atoms with Gasteiger partial charge in [-0.3, -0.25) is 14.5 Å². The van der Waals surface area contributed by atoms with Gasteiger partial charge in [-0.1, -0.05) is 47.5 Å². The van der Waals surface area contributed by atoms with E-state index in [-0.39, 0.29) is 18.4 Å². The number of aromatic nitrogens is 4. The smallest absolute Gasteiger partial charge is 0.237 e. The normalized spacial score (nSPS) is 18.2. The average molecular weight is 585 g/mol. The number of carbonyl (C=O) groups excluding carboxylic acids is 2. The first-order valence-corrected chi connectivity index (χ1v) is 14.1. The third-order valence-electron chi connectivity index (χ3n) is 7.09. The maximum atomic E-state index is 13.3. The highest BCUT2D eigenvalue weighted by atomic mass is 35.5. The van der Waals surface area contributed by atoms with Crippen LogP contribution in [0, 0.1) is 5.92 Å². The van der Waals surface area contributed by atoms with E-state index in [1.807, 2.05) is 29.2 Å². The van der Waals surface area contributed by atoms with Crippen molar-refractivity contribution in [2.45, 2.75) is 38.4 Å². The molecule has 39 heavy (non-hydrogen) atoms. The molecule has 12 heteroatoms. The first-order valence-electron chi connectivity index (χ1n) is 12.5. The Morgan fingerprint density at radius 1 is 1.15 bits per heavy atom. The summed E-state index contributed by atoms with van der Waals surface area (Å²) in [6, 6.07) is 16.3. The second-order valence-electron chi connectivity index (χ2n) is 9.60. The number of amides is 2. The molecule has 1 aliphatic rings. The second-order valence-corrected chi connectivity index (χ2v) is 11.8. The molecule has 2 aromatic carbocycles. The number of nitrogens with two attached hydrogens (primary N) is 1. The molecule has 0 bridgehead atoms. The predicted octanol–water partition coefficient (Wildman–Crippen LogP) is 4.12. The summed E-state index contributed by atoms with van der Waals surface area (Å²) in [5, 5.41) is 14.8. The molecule has 1 saturated heterocycles. The van der Waals surface area contributed by atoms with E-state index < -0.39 is 18.0 Å². The Hall–Kier alpha value is -3.31. The van der Waals surface area contributed by atoms with Crippen molar-refractivity contribution in [3.05, 3.63) is 81.4 Å². The van der Waals surface area contributed by atoms with Crippen LogP contribution in [0.5, 0.6) is 0 Å². The zero-order valence-electron chi connectivity index (χ0n) is 21.1. The lowest BCUT2D eigenvalue weighted by molar-refractivity contribution is -0.129. The van der Waals surface area contributed by atoms with Crippen molar-refractivity contribution in [3.8, 4) is 16.1 Å². The van der Waals surface area contributed by atoms with Crippen LogP contribution < -0.4 is 11.1 Å². The van der Waals surface area contributed by atoms with E-state index in [1.165, 1.54) is 27.9 Å². The van der Waals surface area contributed by atoms with Crippen LogP contribution >= 0.6 is 34.5 Å². The Balaban J connectivity index is 1.28.